The summed E-state index contributed by atoms with van der Waals surface area (Å²) in [4.78, 5) is 0. The van der Waals surface area contributed by atoms with E-state index in [-0.39, 0.29) is 11.3 Å². The van der Waals surface area contributed by atoms with E-state index in [4.69, 9.17) is 5.73 Å². The van der Waals surface area contributed by atoms with Gasteiger partial charge in [-0.1, -0.05) is 35.9 Å². The van der Waals surface area contributed by atoms with E-state index in [0.717, 1.165) is 5.56 Å². The van der Waals surface area contributed by atoms with Gasteiger partial charge in [-0.05, 0) is 25.1 Å². The minimum absolute atomic E-state index is 0.0429. The van der Waals surface area contributed by atoms with E-state index in [1.165, 1.54) is 12.1 Å². The summed E-state index contributed by atoms with van der Waals surface area (Å²) in [5, 5.41) is 2.50. The number of nitrogen functional groups attached to an aromatic ring is 1. The van der Waals surface area contributed by atoms with Crippen molar-refractivity contribution in [2.75, 3.05) is 11.1 Å². The Bertz CT molecular complexity index is 579. The maximum absolute atomic E-state index is 13.3. The molecular formula is C15H15F3N2. The average Bonchev–Trinajstić information content (AvgIpc) is 2.39. The van der Waals surface area contributed by atoms with Crippen LogP contribution in [0.15, 0.2) is 48.5 Å². The van der Waals surface area contributed by atoms with Crippen LogP contribution in [-0.4, -0.2) is 6.18 Å². The standard InChI is InChI=1S/C15H15F3N2/c1-10-7-8-13(19)12(9-10)14(15(16,17)18)20-11-5-3-2-4-6-11/h2-9,14,20H,19H2,1H3. The molecule has 0 aliphatic carbocycles. The molecule has 0 saturated carbocycles. The smallest absolute Gasteiger partial charge is 0.398 e. The van der Waals surface area contributed by atoms with E-state index in [1.54, 1.807) is 43.3 Å². The van der Waals surface area contributed by atoms with Crippen molar-refractivity contribution < 1.29 is 13.2 Å². The molecule has 0 amide bonds. The summed E-state index contributed by atoms with van der Waals surface area (Å²) < 4.78 is 39.9. The predicted molar refractivity (Wildman–Crippen MR) is 74.5 cm³/mol. The van der Waals surface area contributed by atoms with Gasteiger partial charge >= 0.3 is 6.18 Å². The number of benzene rings is 2. The van der Waals surface area contributed by atoms with Gasteiger partial charge in [0, 0.05) is 16.9 Å². The number of aryl methyl sites for hydroxylation is 1. The number of anilines is 2. The van der Waals surface area contributed by atoms with Crippen LogP contribution >= 0.6 is 0 Å². The highest BCUT2D eigenvalue weighted by Gasteiger charge is 2.41. The minimum Gasteiger partial charge on any atom is -0.398 e. The molecule has 1 atom stereocenters. The highest BCUT2D eigenvalue weighted by Crippen LogP contribution is 2.38. The van der Waals surface area contributed by atoms with E-state index in [1.807, 2.05) is 0 Å². The summed E-state index contributed by atoms with van der Waals surface area (Å²) >= 11 is 0. The lowest BCUT2D eigenvalue weighted by molar-refractivity contribution is -0.143. The Balaban J connectivity index is 2.41. The summed E-state index contributed by atoms with van der Waals surface area (Å²) in [5.74, 6) is 0. The highest BCUT2D eigenvalue weighted by molar-refractivity contribution is 5.55. The molecule has 5 heteroatoms. The number of rotatable bonds is 3. The van der Waals surface area contributed by atoms with Crippen molar-refractivity contribution in [2.24, 2.45) is 0 Å². The van der Waals surface area contributed by atoms with E-state index in [9.17, 15) is 13.2 Å². The second-order valence-corrected chi connectivity index (χ2v) is 4.62. The summed E-state index contributed by atoms with van der Waals surface area (Å²) in [5.41, 5.74) is 7.00. The van der Waals surface area contributed by atoms with Gasteiger partial charge in [-0.25, -0.2) is 0 Å². The summed E-state index contributed by atoms with van der Waals surface area (Å²) in [7, 11) is 0. The molecule has 0 bridgehead atoms. The van der Waals surface area contributed by atoms with Gasteiger partial charge in [-0.15, -0.1) is 0 Å². The minimum atomic E-state index is -4.43. The molecule has 0 aromatic heterocycles. The fourth-order valence-electron chi connectivity index (χ4n) is 1.98. The van der Waals surface area contributed by atoms with Gasteiger partial charge in [0.2, 0.25) is 0 Å². The Labute approximate surface area is 115 Å². The second kappa shape index (κ2) is 5.45. The zero-order chi connectivity index (χ0) is 14.8. The first-order valence-electron chi connectivity index (χ1n) is 6.12. The lowest BCUT2D eigenvalue weighted by Gasteiger charge is -2.24. The van der Waals surface area contributed by atoms with Crippen LogP contribution in [0.2, 0.25) is 0 Å². The molecule has 0 aliphatic heterocycles. The largest absolute Gasteiger partial charge is 0.412 e. The number of alkyl halides is 3. The predicted octanol–water partition coefficient (Wildman–Crippen LogP) is 4.29. The summed E-state index contributed by atoms with van der Waals surface area (Å²) in [6, 6.07) is 11.1. The molecule has 0 heterocycles. The average molecular weight is 280 g/mol. The van der Waals surface area contributed by atoms with E-state index in [0.29, 0.717) is 5.69 Å². The van der Waals surface area contributed by atoms with Crippen LogP contribution in [0, 0.1) is 6.92 Å². The lowest BCUT2D eigenvalue weighted by Crippen LogP contribution is -2.28. The van der Waals surface area contributed by atoms with Crippen molar-refractivity contribution in [3.05, 3.63) is 59.7 Å². The number of hydrogen-bond acceptors (Lipinski definition) is 2. The number of nitrogens with two attached hydrogens (primary N) is 1. The van der Waals surface area contributed by atoms with Crippen molar-refractivity contribution in [1.29, 1.82) is 0 Å². The molecule has 2 aromatic carbocycles. The Hall–Kier alpha value is -2.17. The van der Waals surface area contributed by atoms with Gasteiger partial charge in [0.15, 0.2) is 6.04 Å². The van der Waals surface area contributed by atoms with Crippen LogP contribution < -0.4 is 11.1 Å². The van der Waals surface area contributed by atoms with Crippen LogP contribution in [-0.2, 0) is 0 Å². The van der Waals surface area contributed by atoms with Crippen molar-refractivity contribution in [3.8, 4) is 0 Å². The molecule has 0 saturated heterocycles. The Kier molecular flexibility index (Phi) is 3.88. The van der Waals surface area contributed by atoms with Crippen molar-refractivity contribution in [1.82, 2.24) is 0 Å². The van der Waals surface area contributed by atoms with Gasteiger partial charge in [0.05, 0.1) is 0 Å². The zero-order valence-corrected chi connectivity index (χ0v) is 10.9. The summed E-state index contributed by atoms with van der Waals surface area (Å²) in [6.07, 6.45) is -4.43. The quantitative estimate of drug-likeness (QED) is 0.823. The fourth-order valence-corrected chi connectivity index (χ4v) is 1.98. The van der Waals surface area contributed by atoms with E-state index < -0.39 is 12.2 Å². The SMILES string of the molecule is Cc1ccc(N)c(C(Nc2ccccc2)C(F)(F)F)c1. The third-order valence-corrected chi connectivity index (χ3v) is 2.97. The first kappa shape index (κ1) is 14.2. The Morgan fingerprint density at radius 3 is 2.30 bits per heavy atom. The Morgan fingerprint density at radius 1 is 1.05 bits per heavy atom. The second-order valence-electron chi connectivity index (χ2n) is 4.62. The fraction of sp³-hybridized carbons (Fsp3) is 0.200. The molecule has 0 radical (unpaired) electrons. The topological polar surface area (TPSA) is 38.0 Å². The van der Waals surface area contributed by atoms with Gasteiger partial charge in [-0.2, -0.15) is 13.2 Å². The number of nitrogens with one attached hydrogen (secondary N) is 1. The third-order valence-electron chi connectivity index (χ3n) is 2.97. The third kappa shape index (κ3) is 3.23. The van der Waals surface area contributed by atoms with Gasteiger partial charge in [0.25, 0.3) is 0 Å². The molecule has 2 nitrogen and oxygen atoms in total. The van der Waals surface area contributed by atoms with Crippen molar-refractivity contribution >= 4 is 11.4 Å². The molecule has 2 rings (SSSR count). The maximum Gasteiger partial charge on any atom is 0.412 e. The molecule has 0 fully saturated rings. The highest BCUT2D eigenvalue weighted by atomic mass is 19.4. The number of halogens is 3. The summed E-state index contributed by atoms with van der Waals surface area (Å²) in [6.45, 7) is 1.74. The number of para-hydroxylation sites is 1. The molecular weight excluding hydrogens is 265 g/mol. The van der Waals surface area contributed by atoms with Crippen LogP contribution in [0.25, 0.3) is 0 Å². The molecule has 1 unspecified atom stereocenters. The molecule has 3 N–H and O–H groups in total. The van der Waals surface area contributed by atoms with Crippen molar-refractivity contribution in [3.63, 3.8) is 0 Å². The molecule has 106 valence electrons. The lowest BCUT2D eigenvalue weighted by atomic mass is 10.0. The van der Waals surface area contributed by atoms with Gasteiger partial charge < -0.3 is 11.1 Å². The first-order chi connectivity index (χ1) is 9.38. The van der Waals surface area contributed by atoms with Crippen LogP contribution in [0.4, 0.5) is 24.5 Å². The van der Waals surface area contributed by atoms with E-state index in [2.05, 4.69) is 5.32 Å². The Morgan fingerprint density at radius 2 is 1.70 bits per heavy atom. The first-order valence-corrected chi connectivity index (χ1v) is 6.12. The maximum atomic E-state index is 13.3. The van der Waals surface area contributed by atoms with Crippen LogP contribution in [0.5, 0.6) is 0 Å². The van der Waals surface area contributed by atoms with Crippen LogP contribution in [0.3, 0.4) is 0 Å². The molecule has 0 aliphatic rings. The van der Waals surface area contributed by atoms with Crippen LogP contribution in [0.1, 0.15) is 17.2 Å². The zero-order valence-electron chi connectivity index (χ0n) is 10.9. The van der Waals surface area contributed by atoms with Crippen molar-refractivity contribution in [2.45, 2.75) is 19.1 Å². The monoisotopic (exact) mass is 280 g/mol. The number of hydrogen-bond donors (Lipinski definition) is 2. The van der Waals surface area contributed by atoms with E-state index >= 15 is 0 Å². The van der Waals surface area contributed by atoms with Gasteiger partial charge in [0.1, 0.15) is 0 Å². The molecule has 20 heavy (non-hydrogen) atoms. The van der Waals surface area contributed by atoms with Gasteiger partial charge in [-0.3, -0.25) is 0 Å². The molecule has 2 aromatic rings. The molecule has 0 spiro atoms. The normalized spacial score (nSPS) is 13.0.